The third kappa shape index (κ3) is 3.44. The molecule has 0 unspecified atom stereocenters. The lowest BCUT2D eigenvalue weighted by Crippen LogP contribution is -2.38. The number of nitrogens with one attached hydrogen (secondary N) is 1. The van der Waals surface area contributed by atoms with E-state index in [9.17, 15) is 8.42 Å². The molecule has 2 aromatic heterocycles. The van der Waals surface area contributed by atoms with E-state index in [1.54, 1.807) is 24.6 Å². The second-order valence-corrected chi connectivity index (χ2v) is 8.13. The molecule has 1 saturated heterocycles. The van der Waals surface area contributed by atoms with Crippen LogP contribution in [-0.4, -0.2) is 59.4 Å². The Morgan fingerprint density at radius 1 is 1.35 bits per heavy atom. The van der Waals surface area contributed by atoms with Crippen LogP contribution >= 0.6 is 0 Å². The first-order valence-electron chi connectivity index (χ1n) is 7.60. The Morgan fingerprint density at radius 3 is 2.87 bits per heavy atom. The van der Waals surface area contributed by atoms with Crippen molar-refractivity contribution in [3.8, 4) is 11.4 Å². The fraction of sp³-hybridized carbons (Fsp3) is 0.467. The van der Waals surface area contributed by atoms with Gasteiger partial charge in [0.05, 0.1) is 11.4 Å². The monoisotopic (exact) mass is 335 g/mol. The number of aromatic amines is 1. The Bertz CT molecular complexity index is 758. The molecule has 0 bridgehead atoms. The quantitative estimate of drug-likeness (QED) is 0.888. The zero-order chi connectivity index (χ0) is 16.4. The van der Waals surface area contributed by atoms with Crippen molar-refractivity contribution in [1.82, 2.24) is 23.8 Å². The van der Waals surface area contributed by atoms with Crippen molar-refractivity contribution in [2.75, 3.05) is 27.2 Å². The summed E-state index contributed by atoms with van der Waals surface area (Å²) < 4.78 is 27.2. The van der Waals surface area contributed by atoms with Crippen LogP contribution in [0.15, 0.2) is 30.5 Å². The lowest BCUT2D eigenvalue weighted by atomic mass is 10.0. The number of hydrogen-bond acceptors (Lipinski definition) is 4. The van der Waals surface area contributed by atoms with Crippen molar-refractivity contribution < 1.29 is 8.42 Å². The summed E-state index contributed by atoms with van der Waals surface area (Å²) in [5.41, 5.74) is 2.72. The maximum Gasteiger partial charge on any atom is 0.281 e. The van der Waals surface area contributed by atoms with Crippen LogP contribution in [0, 0.1) is 5.92 Å². The summed E-state index contributed by atoms with van der Waals surface area (Å²) in [5.74, 6) is 0.300. The molecule has 0 aliphatic carbocycles. The van der Waals surface area contributed by atoms with E-state index < -0.39 is 10.2 Å². The zero-order valence-electron chi connectivity index (χ0n) is 13.3. The third-order valence-corrected chi connectivity index (χ3v) is 6.02. The van der Waals surface area contributed by atoms with Crippen LogP contribution in [0.5, 0.6) is 0 Å². The van der Waals surface area contributed by atoms with Crippen LogP contribution in [0.3, 0.4) is 0 Å². The van der Waals surface area contributed by atoms with Crippen molar-refractivity contribution in [3.63, 3.8) is 0 Å². The lowest BCUT2D eigenvalue weighted by Gasteiger charge is -2.20. The number of hydrogen-bond donors (Lipinski definition) is 1. The van der Waals surface area contributed by atoms with Gasteiger partial charge < -0.3 is 0 Å². The van der Waals surface area contributed by atoms with Crippen LogP contribution < -0.4 is 0 Å². The summed E-state index contributed by atoms with van der Waals surface area (Å²) in [6.45, 7) is 1.13. The summed E-state index contributed by atoms with van der Waals surface area (Å²) in [6, 6.07) is 7.78. The molecule has 1 fully saturated rings. The minimum Gasteiger partial charge on any atom is -0.276 e. The van der Waals surface area contributed by atoms with Gasteiger partial charge >= 0.3 is 0 Å². The van der Waals surface area contributed by atoms with E-state index in [-0.39, 0.29) is 0 Å². The van der Waals surface area contributed by atoms with Crippen molar-refractivity contribution in [1.29, 1.82) is 0 Å². The van der Waals surface area contributed by atoms with E-state index in [2.05, 4.69) is 15.2 Å². The topological polar surface area (TPSA) is 82.2 Å². The molecule has 8 heteroatoms. The molecular weight excluding hydrogens is 314 g/mol. The smallest absolute Gasteiger partial charge is 0.276 e. The molecule has 0 radical (unpaired) electrons. The van der Waals surface area contributed by atoms with Gasteiger partial charge in [0.25, 0.3) is 10.2 Å². The summed E-state index contributed by atoms with van der Waals surface area (Å²) in [5, 5.41) is 6.85. The minimum atomic E-state index is -3.31. The molecule has 2 aromatic rings. The Labute approximate surface area is 136 Å². The van der Waals surface area contributed by atoms with Crippen LogP contribution in [-0.2, 0) is 16.6 Å². The molecule has 0 saturated carbocycles. The fourth-order valence-electron chi connectivity index (χ4n) is 2.84. The Kier molecular flexibility index (Phi) is 4.47. The van der Waals surface area contributed by atoms with Gasteiger partial charge in [0.1, 0.15) is 0 Å². The fourth-order valence-corrected chi connectivity index (χ4v) is 4.04. The predicted octanol–water partition coefficient (Wildman–Crippen LogP) is 1.14. The first kappa shape index (κ1) is 16.1. The zero-order valence-corrected chi connectivity index (χ0v) is 14.1. The molecule has 1 N–H and O–H groups in total. The van der Waals surface area contributed by atoms with E-state index >= 15 is 0 Å². The van der Waals surface area contributed by atoms with E-state index in [0.29, 0.717) is 19.0 Å². The molecule has 0 aromatic carbocycles. The Morgan fingerprint density at radius 2 is 2.17 bits per heavy atom. The first-order chi connectivity index (χ1) is 11.0. The molecule has 23 heavy (non-hydrogen) atoms. The van der Waals surface area contributed by atoms with Crippen LogP contribution in [0.2, 0.25) is 0 Å². The second kappa shape index (κ2) is 6.38. The molecule has 7 nitrogen and oxygen atoms in total. The van der Waals surface area contributed by atoms with Gasteiger partial charge in [-0.3, -0.25) is 10.1 Å². The molecule has 3 heterocycles. The van der Waals surface area contributed by atoms with Gasteiger partial charge in [0.15, 0.2) is 0 Å². The number of aromatic nitrogens is 3. The lowest BCUT2D eigenvalue weighted by molar-refractivity contribution is 0.409. The summed E-state index contributed by atoms with van der Waals surface area (Å²) in [6.07, 6.45) is 3.34. The number of nitrogens with zero attached hydrogens (tertiary/aromatic N) is 4. The molecule has 0 spiro atoms. The molecular formula is C15H21N5O2S. The van der Waals surface area contributed by atoms with Gasteiger partial charge in [-0.15, -0.1) is 0 Å². The van der Waals surface area contributed by atoms with Crippen LogP contribution in [0.25, 0.3) is 11.4 Å². The van der Waals surface area contributed by atoms with Crippen molar-refractivity contribution in [3.05, 3.63) is 36.2 Å². The SMILES string of the molecule is CN(C)S(=O)(=O)N1CC[C@@H](Cc2cccc(-c3ccn[nH]3)n2)C1. The normalized spacial score (nSPS) is 19.5. The van der Waals surface area contributed by atoms with Crippen LogP contribution in [0.4, 0.5) is 0 Å². The molecule has 3 rings (SSSR count). The maximum atomic E-state index is 12.2. The molecule has 0 amide bonds. The third-order valence-electron chi connectivity index (χ3n) is 4.12. The molecule has 1 aliphatic heterocycles. The van der Waals surface area contributed by atoms with Crippen LogP contribution in [0.1, 0.15) is 12.1 Å². The Hall–Kier alpha value is -1.77. The summed E-state index contributed by atoms with van der Waals surface area (Å²) in [4.78, 5) is 4.65. The van der Waals surface area contributed by atoms with Crippen molar-refractivity contribution >= 4 is 10.2 Å². The first-order valence-corrected chi connectivity index (χ1v) is 9.00. The standard InChI is InChI=1S/C15H21N5O2S/c1-19(2)23(21,22)20-9-7-12(11-20)10-13-4-3-5-14(17-13)15-6-8-16-18-15/h3-6,8,12H,7,9-11H2,1-2H3,(H,16,18)/t12-/m0/s1. The highest BCUT2D eigenvalue weighted by Crippen LogP contribution is 2.24. The second-order valence-electron chi connectivity index (χ2n) is 5.99. The van der Waals surface area contributed by atoms with Gasteiger partial charge in [-0.25, -0.2) is 0 Å². The number of pyridine rings is 1. The van der Waals surface area contributed by atoms with Gasteiger partial charge in [-0.1, -0.05) is 6.07 Å². The maximum absolute atomic E-state index is 12.2. The molecule has 1 aliphatic rings. The highest BCUT2D eigenvalue weighted by atomic mass is 32.2. The minimum absolute atomic E-state index is 0.300. The van der Waals surface area contributed by atoms with Gasteiger partial charge in [0.2, 0.25) is 0 Å². The van der Waals surface area contributed by atoms with E-state index in [1.807, 2.05) is 24.3 Å². The van der Waals surface area contributed by atoms with Gasteiger partial charge in [-0.05, 0) is 37.0 Å². The molecule has 124 valence electrons. The summed E-state index contributed by atoms with van der Waals surface area (Å²) >= 11 is 0. The average molecular weight is 335 g/mol. The number of rotatable bonds is 5. The molecule has 1 atom stereocenters. The Balaban J connectivity index is 1.68. The summed E-state index contributed by atoms with van der Waals surface area (Å²) in [7, 11) is -0.177. The van der Waals surface area contributed by atoms with Gasteiger partial charge in [0, 0.05) is 39.1 Å². The van der Waals surface area contributed by atoms with Crippen molar-refractivity contribution in [2.45, 2.75) is 12.8 Å². The van der Waals surface area contributed by atoms with Gasteiger partial charge in [-0.2, -0.15) is 22.1 Å². The number of H-pyrrole nitrogens is 1. The van der Waals surface area contributed by atoms with Crippen molar-refractivity contribution in [2.24, 2.45) is 5.92 Å². The highest BCUT2D eigenvalue weighted by Gasteiger charge is 2.32. The predicted molar refractivity (Wildman–Crippen MR) is 87.8 cm³/mol. The van der Waals surface area contributed by atoms with E-state index in [4.69, 9.17) is 0 Å². The average Bonchev–Trinajstić information content (AvgIpc) is 3.19. The largest absolute Gasteiger partial charge is 0.281 e. The highest BCUT2D eigenvalue weighted by molar-refractivity contribution is 7.86. The van der Waals surface area contributed by atoms with E-state index in [1.165, 1.54) is 4.31 Å². The van der Waals surface area contributed by atoms with E-state index in [0.717, 1.165) is 29.9 Å².